The lowest BCUT2D eigenvalue weighted by atomic mass is 9.86. The summed E-state index contributed by atoms with van der Waals surface area (Å²) in [5.41, 5.74) is -3.80. The molecular weight excluding hydrogens is 410 g/mol. The number of hydroxylamine groups is 3. The van der Waals surface area contributed by atoms with Gasteiger partial charge in [-0.25, -0.2) is 9.59 Å². The van der Waals surface area contributed by atoms with E-state index >= 15 is 0 Å². The second kappa shape index (κ2) is 8.16. The van der Waals surface area contributed by atoms with Gasteiger partial charge >= 0.3 is 17.9 Å². The molecule has 6 atom stereocenters. The average molecular weight is 441 g/mol. The van der Waals surface area contributed by atoms with Crippen molar-refractivity contribution in [1.82, 2.24) is 0 Å². The average Bonchev–Trinajstić information content (AvgIpc) is 3.19. The van der Waals surface area contributed by atoms with Crippen LogP contribution in [0.3, 0.4) is 0 Å². The molecule has 0 bridgehead atoms. The number of carbonyl (C=O) groups is 3. The molecule has 3 heterocycles. The molecule has 0 aromatic carbocycles. The topological polar surface area (TPSA) is 142 Å². The lowest BCUT2D eigenvalue weighted by Gasteiger charge is -2.41. The number of nitrogens with zero attached hydrogens (tertiary/aromatic N) is 1. The quantitative estimate of drug-likeness (QED) is 0.204. The van der Waals surface area contributed by atoms with E-state index < -0.39 is 64.3 Å². The highest BCUT2D eigenvalue weighted by atomic mass is 16.6. The van der Waals surface area contributed by atoms with Gasteiger partial charge in [-0.3, -0.25) is 4.79 Å². The molecule has 0 aliphatic carbocycles. The minimum absolute atomic E-state index is 0.0938. The van der Waals surface area contributed by atoms with Crippen LogP contribution in [0.15, 0.2) is 11.6 Å². The van der Waals surface area contributed by atoms with E-state index in [9.17, 15) is 29.8 Å². The van der Waals surface area contributed by atoms with Crippen LogP contribution in [-0.2, 0) is 28.6 Å². The van der Waals surface area contributed by atoms with Crippen molar-refractivity contribution in [1.29, 1.82) is 0 Å². The zero-order chi connectivity index (χ0) is 23.2. The van der Waals surface area contributed by atoms with Crippen LogP contribution in [0.25, 0.3) is 0 Å². The van der Waals surface area contributed by atoms with Gasteiger partial charge in [-0.15, -0.1) is 0 Å². The number of rotatable bonds is 2. The number of ether oxygens (including phenoxy) is 3. The third-order valence-corrected chi connectivity index (χ3v) is 6.92. The maximum atomic E-state index is 13.2. The fourth-order valence-corrected chi connectivity index (χ4v) is 4.53. The summed E-state index contributed by atoms with van der Waals surface area (Å²) in [5.74, 6) is -3.65. The van der Waals surface area contributed by atoms with Gasteiger partial charge in [0.25, 0.3) is 0 Å². The van der Waals surface area contributed by atoms with Gasteiger partial charge in [-0.05, 0) is 25.3 Å². The lowest BCUT2D eigenvalue weighted by Crippen LogP contribution is -2.54. The summed E-state index contributed by atoms with van der Waals surface area (Å²) in [6, 6.07) is -0.768. The van der Waals surface area contributed by atoms with Crippen LogP contribution in [0.1, 0.15) is 47.0 Å². The van der Waals surface area contributed by atoms with Crippen LogP contribution in [0, 0.1) is 11.1 Å². The Balaban J connectivity index is 1.99. The normalized spacial score (nSPS) is 41.7. The van der Waals surface area contributed by atoms with Crippen molar-refractivity contribution < 1.29 is 43.5 Å². The number of aliphatic hydroxyl groups is 2. The van der Waals surface area contributed by atoms with E-state index in [0.717, 1.165) is 0 Å². The van der Waals surface area contributed by atoms with Crippen LogP contribution in [-0.4, -0.2) is 81.9 Å². The lowest BCUT2D eigenvalue weighted by molar-refractivity contribution is -0.877. The second-order valence-corrected chi connectivity index (χ2v) is 9.06. The van der Waals surface area contributed by atoms with Crippen molar-refractivity contribution in [2.75, 3.05) is 19.7 Å². The Morgan fingerprint density at radius 3 is 2.52 bits per heavy atom. The highest BCUT2D eigenvalue weighted by Crippen LogP contribution is 2.39. The van der Waals surface area contributed by atoms with Crippen molar-refractivity contribution in [2.24, 2.45) is 5.92 Å². The van der Waals surface area contributed by atoms with Crippen molar-refractivity contribution in [3.63, 3.8) is 0 Å². The molecule has 3 rings (SSSR count). The molecule has 3 aliphatic heterocycles. The van der Waals surface area contributed by atoms with Crippen molar-refractivity contribution in [2.45, 2.75) is 76.4 Å². The SMILES string of the molecule is CC[C@@]1(O)C(=O)OCC2=CC[N+]3([O-])CC[C@@H](OC(=O)[C@@](O)(C(C)C)CC(=O)O[C@H]1C)[C@@H]23. The van der Waals surface area contributed by atoms with Crippen LogP contribution in [0.5, 0.6) is 0 Å². The number of hydrogen-bond acceptors (Lipinski definition) is 9. The number of esters is 3. The third-order valence-electron chi connectivity index (χ3n) is 6.92. The van der Waals surface area contributed by atoms with E-state index in [1.165, 1.54) is 13.8 Å². The molecule has 0 saturated carbocycles. The molecule has 0 aromatic heterocycles. The van der Waals surface area contributed by atoms with E-state index in [4.69, 9.17) is 14.2 Å². The van der Waals surface area contributed by atoms with Gasteiger partial charge in [0.1, 0.15) is 12.7 Å². The van der Waals surface area contributed by atoms with E-state index in [1.54, 1.807) is 19.9 Å². The first kappa shape index (κ1) is 23.6. The Bertz CT molecular complexity index is 796. The first-order valence-electron chi connectivity index (χ1n) is 10.7. The Kier molecular flexibility index (Phi) is 6.22. The van der Waals surface area contributed by atoms with Crippen molar-refractivity contribution in [3.8, 4) is 0 Å². The predicted octanol–water partition coefficient (Wildman–Crippen LogP) is 0.332. The third kappa shape index (κ3) is 3.97. The second-order valence-electron chi connectivity index (χ2n) is 9.06. The van der Waals surface area contributed by atoms with Gasteiger partial charge in [-0.2, -0.15) is 0 Å². The van der Waals surface area contributed by atoms with Crippen LogP contribution in [0.2, 0.25) is 0 Å². The summed E-state index contributed by atoms with van der Waals surface area (Å²) in [7, 11) is 0. The molecule has 2 fully saturated rings. The highest BCUT2D eigenvalue weighted by molar-refractivity contribution is 5.87. The van der Waals surface area contributed by atoms with E-state index in [2.05, 4.69) is 0 Å². The minimum atomic E-state index is -2.19. The van der Waals surface area contributed by atoms with Crippen LogP contribution < -0.4 is 0 Å². The van der Waals surface area contributed by atoms with E-state index in [0.29, 0.717) is 5.57 Å². The summed E-state index contributed by atoms with van der Waals surface area (Å²) in [6.07, 6.45) is -0.992. The van der Waals surface area contributed by atoms with E-state index in [-0.39, 0.29) is 32.5 Å². The number of carbonyl (C=O) groups excluding carboxylic acids is 3. The number of quaternary nitrogens is 1. The molecule has 0 radical (unpaired) electrons. The van der Waals surface area contributed by atoms with Gasteiger partial charge in [0, 0.05) is 12.0 Å². The van der Waals surface area contributed by atoms with Gasteiger partial charge in [0.05, 0.1) is 19.5 Å². The maximum Gasteiger partial charge on any atom is 0.342 e. The molecule has 10 heteroatoms. The number of hydrogen-bond donors (Lipinski definition) is 2. The standard InChI is InChI=1S/C21H31NO9/c1-5-20(26)13(4)30-16(23)10-21(27,12(2)3)19(25)31-15-7-9-22(28)8-6-14(17(15)22)11-29-18(20)24/h6,12-13,15,17,26-27H,5,7-11H2,1-4H3/t13-,15+,17+,20-,21-,22?/m0/s1. The molecular formula is C21H31NO9. The van der Waals surface area contributed by atoms with Gasteiger partial charge in [-0.1, -0.05) is 20.8 Å². The number of cyclic esters (lactones) is 2. The largest absolute Gasteiger partial charge is 0.632 e. The van der Waals surface area contributed by atoms with Crippen molar-refractivity contribution >= 4 is 17.9 Å². The Morgan fingerprint density at radius 1 is 1.23 bits per heavy atom. The van der Waals surface area contributed by atoms with Gasteiger partial charge < -0.3 is 34.3 Å². The Morgan fingerprint density at radius 2 is 1.90 bits per heavy atom. The molecule has 10 nitrogen and oxygen atoms in total. The molecule has 2 N–H and O–H groups in total. The molecule has 0 amide bonds. The minimum Gasteiger partial charge on any atom is -0.632 e. The summed E-state index contributed by atoms with van der Waals surface area (Å²) < 4.78 is 15.4. The summed E-state index contributed by atoms with van der Waals surface area (Å²) >= 11 is 0. The highest BCUT2D eigenvalue weighted by Gasteiger charge is 2.54. The fourth-order valence-electron chi connectivity index (χ4n) is 4.53. The summed E-state index contributed by atoms with van der Waals surface area (Å²) in [5, 5.41) is 35.0. The zero-order valence-electron chi connectivity index (χ0n) is 18.3. The van der Waals surface area contributed by atoms with Crippen LogP contribution >= 0.6 is 0 Å². The zero-order valence-corrected chi connectivity index (χ0v) is 18.3. The summed E-state index contributed by atoms with van der Waals surface area (Å²) in [6.45, 7) is 6.09. The van der Waals surface area contributed by atoms with E-state index in [1.807, 2.05) is 0 Å². The predicted molar refractivity (Wildman–Crippen MR) is 106 cm³/mol. The molecule has 0 aromatic rings. The van der Waals surface area contributed by atoms with Gasteiger partial charge in [0.2, 0.25) is 0 Å². The summed E-state index contributed by atoms with van der Waals surface area (Å²) in [4.78, 5) is 38.1. The molecule has 1 unspecified atom stereocenters. The Hall–Kier alpha value is -2.01. The molecule has 174 valence electrons. The first-order valence-corrected chi connectivity index (χ1v) is 10.7. The van der Waals surface area contributed by atoms with Crippen LogP contribution in [0.4, 0.5) is 0 Å². The smallest absolute Gasteiger partial charge is 0.342 e. The van der Waals surface area contributed by atoms with Gasteiger partial charge in [0.15, 0.2) is 23.3 Å². The molecule has 0 spiro atoms. The molecule has 3 aliphatic rings. The Labute approximate surface area is 180 Å². The monoisotopic (exact) mass is 441 g/mol. The molecule has 2 saturated heterocycles. The fraction of sp³-hybridized carbons (Fsp3) is 0.762. The molecule has 31 heavy (non-hydrogen) atoms. The maximum absolute atomic E-state index is 13.2. The first-order chi connectivity index (χ1) is 14.4. The van der Waals surface area contributed by atoms with Crippen molar-refractivity contribution in [3.05, 3.63) is 16.9 Å².